The third-order valence-electron chi connectivity index (χ3n) is 2.70. The zero-order valence-electron chi connectivity index (χ0n) is 10.9. The van der Waals surface area contributed by atoms with Crippen LogP contribution in [0.15, 0.2) is 30.3 Å². The molecule has 18 heavy (non-hydrogen) atoms. The minimum Gasteiger partial charge on any atom is -0.384 e. The first-order valence-corrected chi connectivity index (χ1v) is 6.03. The molecule has 3 N–H and O–H groups in total. The van der Waals surface area contributed by atoms with Crippen LogP contribution in [0.1, 0.15) is 31.2 Å². The van der Waals surface area contributed by atoms with Crippen molar-refractivity contribution in [1.82, 2.24) is 9.97 Å². The average Bonchev–Trinajstić information content (AvgIpc) is 2.27. The normalized spacial score (nSPS) is 10.7. The van der Waals surface area contributed by atoms with Crippen molar-refractivity contribution in [2.45, 2.75) is 26.7 Å². The van der Waals surface area contributed by atoms with Gasteiger partial charge in [-0.25, -0.2) is 9.97 Å². The van der Waals surface area contributed by atoms with Crippen molar-refractivity contribution in [2.24, 2.45) is 0 Å². The highest BCUT2D eigenvalue weighted by Gasteiger charge is 2.07. The fourth-order valence-corrected chi connectivity index (χ4v) is 1.91. The Bertz CT molecular complexity index is 529. The molecule has 0 saturated carbocycles. The van der Waals surface area contributed by atoms with Crippen LogP contribution in [-0.4, -0.2) is 9.97 Å². The molecule has 0 aliphatic rings. The standard InChI is InChI=1S/C14H18N4/c1-9(2)11-6-4-5-7-12(11)18-14-8-13(15)16-10(3)17-14/h4-9H,1-3H3,(H3,15,16,17,18). The molecule has 2 rings (SSSR count). The summed E-state index contributed by atoms with van der Waals surface area (Å²) in [5, 5.41) is 3.30. The molecule has 0 amide bonds. The number of nitrogens with zero attached hydrogens (tertiary/aromatic N) is 2. The highest BCUT2D eigenvalue weighted by atomic mass is 15.0. The predicted octanol–water partition coefficient (Wildman–Crippen LogP) is 3.23. The quantitative estimate of drug-likeness (QED) is 0.867. The summed E-state index contributed by atoms with van der Waals surface area (Å²) in [6.07, 6.45) is 0. The summed E-state index contributed by atoms with van der Waals surface area (Å²) in [6, 6.07) is 9.95. The number of aromatic nitrogens is 2. The van der Waals surface area contributed by atoms with Crippen LogP contribution in [0.25, 0.3) is 0 Å². The molecule has 2 aromatic rings. The third kappa shape index (κ3) is 2.77. The molecule has 4 nitrogen and oxygen atoms in total. The van der Waals surface area contributed by atoms with Crippen LogP contribution in [0, 0.1) is 6.92 Å². The van der Waals surface area contributed by atoms with Crippen LogP contribution in [-0.2, 0) is 0 Å². The number of nitrogens with one attached hydrogen (secondary N) is 1. The monoisotopic (exact) mass is 242 g/mol. The first kappa shape index (κ1) is 12.4. The van der Waals surface area contributed by atoms with Gasteiger partial charge in [0.1, 0.15) is 17.5 Å². The van der Waals surface area contributed by atoms with Crippen LogP contribution in [0.2, 0.25) is 0 Å². The fourth-order valence-electron chi connectivity index (χ4n) is 1.91. The number of para-hydroxylation sites is 1. The molecule has 0 radical (unpaired) electrons. The van der Waals surface area contributed by atoms with Gasteiger partial charge < -0.3 is 11.1 Å². The minimum atomic E-state index is 0.453. The lowest BCUT2D eigenvalue weighted by atomic mass is 10.0. The average molecular weight is 242 g/mol. The van der Waals surface area contributed by atoms with Crippen molar-refractivity contribution in [2.75, 3.05) is 11.1 Å². The van der Waals surface area contributed by atoms with Gasteiger partial charge >= 0.3 is 0 Å². The summed E-state index contributed by atoms with van der Waals surface area (Å²) in [4.78, 5) is 8.39. The Morgan fingerprint density at radius 1 is 1.17 bits per heavy atom. The molecule has 0 bridgehead atoms. The molecule has 0 atom stereocenters. The lowest BCUT2D eigenvalue weighted by molar-refractivity contribution is 0.868. The van der Waals surface area contributed by atoms with E-state index in [2.05, 4.69) is 35.2 Å². The molecule has 0 spiro atoms. The second-order valence-electron chi connectivity index (χ2n) is 4.59. The molecule has 0 unspecified atom stereocenters. The maximum absolute atomic E-state index is 5.72. The van der Waals surface area contributed by atoms with E-state index in [0.717, 1.165) is 11.5 Å². The molecule has 1 aromatic heterocycles. The van der Waals surface area contributed by atoms with Crippen molar-refractivity contribution in [3.63, 3.8) is 0 Å². The summed E-state index contributed by atoms with van der Waals surface area (Å²) in [7, 11) is 0. The van der Waals surface area contributed by atoms with Gasteiger partial charge in [-0.15, -0.1) is 0 Å². The van der Waals surface area contributed by atoms with E-state index in [1.807, 2.05) is 25.1 Å². The zero-order chi connectivity index (χ0) is 13.1. The van der Waals surface area contributed by atoms with Crippen LogP contribution in [0.3, 0.4) is 0 Å². The molecule has 0 fully saturated rings. The van der Waals surface area contributed by atoms with Gasteiger partial charge in [0.25, 0.3) is 0 Å². The number of anilines is 3. The van der Waals surface area contributed by atoms with E-state index in [9.17, 15) is 0 Å². The van der Waals surface area contributed by atoms with Crippen molar-refractivity contribution >= 4 is 17.3 Å². The number of nitrogens with two attached hydrogens (primary N) is 1. The van der Waals surface area contributed by atoms with Crippen molar-refractivity contribution < 1.29 is 0 Å². The van der Waals surface area contributed by atoms with Gasteiger partial charge in [0.15, 0.2) is 0 Å². The number of hydrogen-bond donors (Lipinski definition) is 2. The second-order valence-corrected chi connectivity index (χ2v) is 4.59. The van der Waals surface area contributed by atoms with Crippen LogP contribution in [0.4, 0.5) is 17.3 Å². The van der Waals surface area contributed by atoms with Gasteiger partial charge in [0.05, 0.1) is 0 Å². The molecule has 4 heteroatoms. The number of hydrogen-bond acceptors (Lipinski definition) is 4. The first-order valence-electron chi connectivity index (χ1n) is 6.03. The van der Waals surface area contributed by atoms with E-state index in [4.69, 9.17) is 5.73 Å². The molecule has 1 heterocycles. The first-order chi connectivity index (χ1) is 8.56. The van der Waals surface area contributed by atoms with Crippen LogP contribution >= 0.6 is 0 Å². The summed E-state index contributed by atoms with van der Waals surface area (Å²) in [5.41, 5.74) is 8.04. The Kier molecular flexibility index (Phi) is 3.46. The van der Waals surface area contributed by atoms with Crippen LogP contribution < -0.4 is 11.1 Å². The zero-order valence-corrected chi connectivity index (χ0v) is 10.9. The van der Waals surface area contributed by atoms with Gasteiger partial charge in [0, 0.05) is 11.8 Å². The molecule has 94 valence electrons. The molecular weight excluding hydrogens is 224 g/mol. The summed E-state index contributed by atoms with van der Waals surface area (Å²) in [6.45, 7) is 6.16. The topological polar surface area (TPSA) is 63.8 Å². The molecule has 1 aromatic carbocycles. The second kappa shape index (κ2) is 5.04. The van der Waals surface area contributed by atoms with E-state index in [1.54, 1.807) is 6.07 Å². The Morgan fingerprint density at radius 2 is 1.89 bits per heavy atom. The highest BCUT2D eigenvalue weighted by Crippen LogP contribution is 2.26. The molecule has 0 aliphatic carbocycles. The number of nitrogen functional groups attached to an aromatic ring is 1. The summed E-state index contributed by atoms with van der Waals surface area (Å²) in [5.74, 6) is 2.33. The smallest absolute Gasteiger partial charge is 0.136 e. The maximum atomic E-state index is 5.72. The Morgan fingerprint density at radius 3 is 2.56 bits per heavy atom. The van der Waals surface area contributed by atoms with E-state index >= 15 is 0 Å². The van der Waals surface area contributed by atoms with Crippen molar-refractivity contribution in [3.05, 3.63) is 41.7 Å². The van der Waals surface area contributed by atoms with Crippen molar-refractivity contribution in [1.29, 1.82) is 0 Å². The Balaban J connectivity index is 2.34. The van der Waals surface area contributed by atoms with E-state index < -0.39 is 0 Å². The Hall–Kier alpha value is -2.10. The van der Waals surface area contributed by atoms with E-state index in [0.29, 0.717) is 17.6 Å². The molecular formula is C14H18N4. The van der Waals surface area contributed by atoms with Crippen LogP contribution in [0.5, 0.6) is 0 Å². The summed E-state index contributed by atoms with van der Waals surface area (Å²) < 4.78 is 0. The number of rotatable bonds is 3. The van der Waals surface area contributed by atoms with Gasteiger partial charge in [-0.1, -0.05) is 32.0 Å². The predicted molar refractivity (Wildman–Crippen MR) is 75.0 cm³/mol. The van der Waals surface area contributed by atoms with Gasteiger partial charge in [-0.2, -0.15) is 0 Å². The summed E-state index contributed by atoms with van der Waals surface area (Å²) >= 11 is 0. The van der Waals surface area contributed by atoms with Gasteiger partial charge in [-0.05, 0) is 24.5 Å². The number of benzene rings is 1. The maximum Gasteiger partial charge on any atom is 0.136 e. The molecule has 0 aliphatic heterocycles. The fraction of sp³-hybridized carbons (Fsp3) is 0.286. The van der Waals surface area contributed by atoms with E-state index in [1.165, 1.54) is 5.56 Å². The van der Waals surface area contributed by atoms with E-state index in [-0.39, 0.29) is 0 Å². The highest BCUT2D eigenvalue weighted by molar-refractivity contribution is 5.62. The minimum absolute atomic E-state index is 0.453. The number of aryl methyl sites for hydroxylation is 1. The van der Waals surface area contributed by atoms with Gasteiger partial charge in [0.2, 0.25) is 0 Å². The Labute approximate surface area is 107 Å². The largest absolute Gasteiger partial charge is 0.384 e. The SMILES string of the molecule is Cc1nc(N)cc(Nc2ccccc2C(C)C)n1. The molecule has 0 saturated heterocycles. The lowest BCUT2D eigenvalue weighted by Crippen LogP contribution is -2.03. The lowest BCUT2D eigenvalue weighted by Gasteiger charge is -2.14. The van der Waals surface area contributed by atoms with Gasteiger partial charge in [-0.3, -0.25) is 0 Å². The third-order valence-corrected chi connectivity index (χ3v) is 2.70. The van der Waals surface area contributed by atoms with Crippen molar-refractivity contribution in [3.8, 4) is 0 Å².